The van der Waals surface area contributed by atoms with Gasteiger partial charge < -0.3 is 14.2 Å². The molecule has 2 aromatic rings. The third kappa shape index (κ3) is 6.65. The highest BCUT2D eigenvalue weighted by Gasteiger charge is 2.14. The molecule has 30 heavy (non-hydrogen) atoms. The van der Waals surface area contributed by atoms with Crippen LogP contribution in [0.25, 0.3) is 6.08 Å². The van der Waals surface area contributed by atoms with Gasteiger partial charge in [0.05, 0.1) is 25.4 Å². The van der Waals surface area contributed by atoms with Crippen molar-refractivity contribution in [1.29, 1.82) is 0 Å². The summed E-state index contributed by atoms with van der Waals surface area (Å²) in [6, 6.07) is 11.5. The standard InChI is InChI=1S/C26H34O4/c1-5-15-28-24-12-10-9-11-22(24)23(27)14-13-21-18-20(8-4)19-25(29-16-6-2)26(21)30-17-7-3/h9-14,18-19H,5-8,15-17H2,1-4H3/b14-13+. The largest absolute Gasteiger partial charge is 0.493 e. The molecule has 0 atom stereocenters. The van der Waals surface area contributed by atoms with E-state index in [9.17, 15) is 4.79 Å². The number of ketones is 1. The zero-order valence-electron chi connectivity index (χ0n) is 18.7. The molecule has 0 aliphatic rings. The number of aryl methyl sites for hydroxylation is 1. The minimum absolute atomic E-state index is 0.0962. The predicted molar refractivity (Wildman–Crippen MR) is 123 cm³/mol. The molecule has 0 saturated heterocycles. The van der Waals surface area contributed by atoms with Crippen molar-refractivity contribution in [3.63, 3.8) is 0 Å². The van der Waals surface area contributed by atoms with Gasteiger partial charge in [0.15, 0.2) is 17.3 Å². The summed E-state index contributed by atoms with van der Waals surface area (Å²) in [5.74, 6) is 1.96. The summed E-state index contributed by atoms with van der Waals surface area (Å²) < 4.78 is 17.7. The molecule has 0 amide bonds. The van der Waals surface area contributed by atoms with Crippen LogP contribution in [0.4, 0.5) is 0 Å². The summed E-state index contributed by atoms with van der Waals surface area (Å²) in [4.78, 5) is 12.9. The average molecular weight is 411 g/mol. The Labute approximate surface area is 180 Å². The van der Waals surface area contributed by atoms with Gasteiger partial charge in [0.2, 0.25) is 0 Å². The maximum atomic E-state index is 12.9. The molecule has 4 heteroatoms. The van der Waals surface area contributed by atoms with Crippen molar-refractivity contribution in [3.05, 3.63) is 59.2 Å². The normalized spacial score (nSPS) is 10.9. The van der Waals surface area contributed by atoms with E-state index in [2.05, 4.69) is 26.8 Å². The Morgan fingerprint density at radius 1 is 0.833 bits per heavy atom. The highest BCUT2D eigenvalue weighted by molar-refractivity contribution is 6.08. The van der Waals surface area contributed by atoms with Crippen LogP contribution in [0, 0.1) is 0 Å². The number of ether oxygens (including phenoxy) is 3. The number of benzene rings is 2. The van der Waals surface area contributed by atoms with E-state index in [0.29, 0.717) is 36.9 Å². The molecule has 0 N–H and O–H groups in total. The van der Waals surface area contributed by atoms with Crippen LogP contribution in [0.3, 0.4) is 0 Å². The smallest absolute Gasteiger partial charge is 0.189 e. The molecule has 4 nitrogen and oxygen atoms in total. The van der Waals surface area contributed by atoms with Crippen LogP contribution in [0.5, 0.6) is 17.2 Å². The SMILES string of the molecule is CCCOc1ccccc1C(=O)/C=C/c1cc(CC)cc(OCCC)c1OCCC. The maximum absolute atomic E-state index is 12.9. The number of rotatable bonds is 13. The van der Waals surface area contributed by atoms with Crippen molar-refractivity contribution in [2.75, 3.05) is 19.8 Å². The van der Waals surface area contributed by atoms with Crippen molar-refractivity contribution >= 4 is 11.9 Å². The Hall–Kier alpha value is -2.75. The maximum Gasteiger partial charge on any atom is 0.189 e. The molecule has 0 bridgehead atoms. The van der Waals surface area contributed by atoms with Gasteiger partial charge >= 0.3 is 0 Å². The molecule has 162 valence electrons. The van der Waals surface area contributed by atoms with Gasteiger partial charge in [0.1, 0.15) is 5.75 Å². The second kappa shape index (κ2) is 12.7. The van der Waals surface area contributed by atoms with E-state index >= 15 is 0 Å². The molecule has 0 aliphatic carbocycles. The van der Waals surface area contributed by atoms with Crippen LogP contribution in [-0.4, -0.2) is 25.6 Å². The Bertz CT molecular complexity index is 839. The quantitative estimate of drug-likeness (QED) is 0.279. The first-order valence-electron chi connectivity index (χ1n) is 11.0. The third-order valence-corrected chi connectivity index (χ3v) is 4.49. The van der Waals surface area contributed by atoms with Crippen LogP contribution in [0.15, 0.2) is 42.5 Å². The van der Waals surface area contributed by atoms with E-state index < -0.39 is 0 Å². The minimum atomic E-state index is -0.0962. The molecule has 2 rings (SSSR count). The molecule has 0 fully saturated rings. The van der Waals surface area contributed by atoms with Crippen molar-refractivity contribution in [3.8, 4) is 17.2 Å². The lowest BCUT2D eigenvalue weighted by molar-refractivity contribution is 0.104. The lowest BCUT2D eigenvalue weighted by atomic mass is 10.0. The summed E-state index contributed by atoms with van der Waals surface area (Å²) in [6.45, 7) is 10.1. The van der Waals surface area contributed by atoms with Crippen molar-refractivity contribution < 1.29 is 19.0 Å². The van der Waals surface area contributed by atoms with Crippen molar-refractivity contribution in [2.45, 2.75) is 53.4 Å². The van der Waals surface area contributed by atoms with Gasteiger partial charge in [-0.15, -0.1) is 0 Å². The van der Waals surface area contributed by atoms with E-state index in [1.54, 1.807) is 12.1 Å². The van der Waals surface area contributed by atoms with Crippen LogP contribution in [0.2, 0.25) is 0 Å². The first-order chi connectivity index (χ1) is 14.6. The van der Waals surface area contributed by atoms with Crippen LogP contribution in [0.1, 0.15) is 68.4 Å². The average Bonchev–Trinajstić information content (AvgIpc) is 2.78. The van der Waals surface area contributed by atoms with Crippen LogP contribution < -0.4 is 14.2 Å². The van der Waals surface area contributed by atoms with Gasteiger partial charge in [0.25, 0.3) is 0 Å². The van der Waals surface area contributed by atoms with Crippen molar-refractivity contribution in [1.82, 2.24) is 0 Å². The topological polar surface area (TPSA) is 44.8 Å². The van der Waals surface area contributed by atoms with Crippen molar-refractivity contribution in [2.24, 2.45) is 0 Å². The molecule has 0 spiro atoms. The highest BCUT2D eigenvalue weighted by atomic mass is 16.5. The fraction of sp³-hybridized carbons (Fsp3) is 0.423. The summed E-state index contributed by atoms with van der Waals surface area (Å²) in [5, 5.41) is 0. The molecule has 0 unspecified atom stereocenters. The zero-order valence-corrected chi connectivity index (χ0v) is 18.7. The van der Waals surface area contributed by atoms with E-state index in [0.717, 1.165) is 42.6 Å². The van der Waals surface area contributed by atoms with E-state index in [-0.39, 0.29) is 5.78 Å². The van der Waals surface area contributed by atoms with Crippen LogP contribution in [-0.2, 0) is 6.42 Å². The lowest BCUT2D eigenvalue weighted by Gasteiger charge is -2.16. The minimum Gasteiger partial charge on any atom is -0.493 e. The zero-order chi connectivity index (χ0) is 21.8. The number of allylic oxidation sites excluding steroid dienone is 1. The third-order valence-electron chi connectivity index (χ3n) is 4.49. The van der Waals surface area contributed by atoms with Crippen LogP contribution >= 0.6 is 0 Å². The van der Waals surface area contributed by atoms with E-state index in [1.165, 1.54) is 0 Å². The molecule has 0 heterocycles. The molecule has 2 aromatic carbocycles. The van der Waals surface area contributed by atoms with Gasteiger partial charge in [-0.2, -0.15) is 0 Å². The molecule has 0 aromatic heterocycles. The number of carbonyl (C=O) groups excluding carboxylic acids is 1. The fourth-order valence-electron chi connectivity index (χ4n) is 2.95. The number of hydrogen-bond acceptors (Lipinski definition) is 4. The van der Waals surface area contributed by atoms with Gasteiger partial charge in [-0.05, 0) is 67.7 Å². The molecular weight excluding hydrogens is 376 g/mol. The monoisotopic (exact) mass is 410 g/mol. The Morgan fingerprint density at radius 2 is 1.47 bits per heavy atom. The van der Waals surface area contributed by atoms with E-state index in [1.807, 2.05) is 37.3 Å². The summed E-state index contributed by atoms with van der Waals surface area (Å²) >= 11 is 0. The Kier molecular flexibility index (Phi) is 9.99. The predicted octanol–water partition coefficient (Wildman–Crippen LogP) is 6.51. The Balaban J connectivity index is 2.37. The van der Waals surface area contributed by atoms with Gasteiger partial charge in [-0.25, -0.2) is 0 Å². The highest BCUT2D eigenvalue weighted by Crippen LogP contribution is 2.35. The number of para-hydroxylation sites is 1. The lowest BCUT2D eigenvalue weighted by Crippen LogP contribution is -2.04. The van der Waals surface area contributed by atoms with Gasteiger partial charge in [-0.1, -0.05) is 39.8 Å². The molecular formula is C26H34O4. The molecule has 0 aliphatic heterocycles. The summed E-state index contributed by atoms with van der Waals surface area (Å²) in [5.41, 5.74) is 2.56. The van der Waals surface area contributed by atoms with Gasteiger partial charge in [0, 0.05) is 5.56 Å². The number of hydrogen-bond donors (Lipinski definition) is 0. The van der Waals surface area contributed by atoms with E-state index in [4.69, 9.17) is 14.2 Å². The fourth-order valence-corrected chi connectivity index (χ4v) is 2.95. The van der Waals surface area contributed by atoms with Gasteiger partial charge in [-0.3, -0.25) is 4.79 Å². The molecule has 0 radical (unpaired) electrons. The summed E-state index contributed by atoms with van der Waals surface area (Å²) in [6.07, 6.45) is 6.99. The second-order valence-electron chi connectivity index (χ2n) is 7.10. The second-order valence-corrected chi connectivity index (χ2v) is 7.10. The Morgan fingerprint density at radius 3 is 2.13 bits per heavy atom. The number of carbonyl (C=O) groups is 1. The first kappa shape index (κ1) is 23.5. The molecule has 0 saturated carbocycles. The summed E-state index contributed by atoms with van der Waals surface area (Å²) in [7, 11) is 0. The first-order valence-corrected chi connectivity index (χ1v) is 11.0.